The Labute approximate surface area is 184 Å². The minimum atomic E-state index is -0.503. The molecule has 1 heterocycles. The zero-order valence-corrected chi connectivity index (χ0v) is 18.5. The van der Waals surface area contributed by atoms with E-state index in [1.807, 2.05) is 67.3 Å². The van der Waals surface area contributed by atoms with E-state index in [1.165, 1.54) is 0 Å². The molecule has 1 aliphatic rings. The van der Waals surface area contributed by atoms with Crippen LogP contribution in [0.1, 0.15) is 48.7 Å². The molecule has 0 radical (unpaired) electrons. The van der Waals surface area contributed by atoms with Crippen LogP contribution in [-0.4, -0.2) is 25.0 Å². The van der Waals surface area contributed by atoms with Crippen LogP contribution in [0.25, 0.3) is 0 Å². The summed E-state index contributed by atoms with van der Waals surface area (Å²) in [4.78, 5) is 15.5. The second-order valence-corrected chi connectivity index (χ2v) is 8.53. The van der Waals surface area contributed by atoms with Gasteiger partial charge in [0.15, 0.2) is 0 Å². The predicted molar refractivity (Wildman–Crippen MR) is 122 cm³/mol. The van der Waals surface area contributed by atoms with Crippen molar-refractivity contribution in [2.75, 3.05) is 14.2 Å². The van der Waals surface area contributed by atoms with Gasteiger partial charge in [-0.2, -0.15) is 0 Å². The minimum absolute atomic E-state index is 0.0718. The lowest BCUT2D eigenvalue weighted by Crippen LogP contribution is -2.62. The normalized spacial score (nSPS) is 19.4. The molecule has 0 saturated carbocycles. The fourth-order valence-electron chi connectivity index (χ4n) is 4.72. The van der Waals surface area contributed by atoms with Gasteiger partial charge in [0.1, 0.15) is 11.9 Å². The highest BCUT2D eigenvalue weighted by Crippen LogP contribution is 2.56. The highest BCUT2D eigenvalue weighted by Gasteiger charge is 2.58. The van der Waals surface area contributed by atoms with Gasteiger partial charge in [-0.05, 0) is 42.7 Å². The van der Waals surface area contributed by atoms with Crippen molar-refractivity contribution in [3.63, 3.8) is 0 Å². The molecule has 1 aliphatic heterocycles. The van der Waals surface area contributed by atoms with Crippen LogP contribution in [0.5, 0.6) is 5.75 Å². The molecular weight excluding hydrogens is 386 g/mol. The average Bonchev–Trinajstić information content (AvgIpc) is 2.82. The summed E-state index contributed by atoms with van der Waals surface area (Å²) in [5, 5.41) is 0. The number of β-lactam (4-membered cyclic amide) rings is 1. The summed E-state index contributed by atoms with van der Waals surface area (Å²) >= 11 is 0. The van der Waals surface area contributed by atoms with E-state index in [0.29, 0.717) is 0 Å². The van der Waals surface area contributed by atoms with E-state index >= 15 is 0 Å². The lowest BCUT2D eigenvalue weighted by Gasteiger charge is -2.57. The van der Waals surface area contributed by atoms with Gasteiger partial charge in [-0.3, -0.25) is 4.79 Å². The monoisotopic (exact) mass is 415 g/mol. The standard InChI is InChI=1S/C27H29NO3/c1-27(2)25(21-15-17-22(30-3)18-16-21)28(26(27)29)23(19-11-7-5-8-12-19)24(31-4)20-13-9-6-10-14-20/h5-18,23-25H,1-4H3/t23-,24+,25+/m0/s1. The van der Waals surface area contributed by atoms with Gasteiger partial charge in [-0.1, -0.05) is 72.8 Å². The third kappa shape index (κ3) is 3.72. The smallest absolute Gasteiger partial charge is 0.231 e. The van der Waals surface area contributed by atoms with E-state index in [0.717, 1.165) is 22.4 Å². The summed E-state index contributed by atoms with van der Waals surface area (Å²) in [7, 11) is 3.37. The first-order valence-corrected chi connectivity index (χ1v) is 10.6. The average molecular weight is 416 g/mol. The molecule has 1 saturated heterocycles. The van der Waals surface area contributed by atoms with Crippen molar-refractivity contribution < 1.29 is 14.3 Å². The molecule has 4 heteroatoms. The lowest BCUT2D eigenvalue weighted by molar-refractivity contribution is -0.182. The highest BCUT2D eigenvalue weighted by molar-refractivity contribution is 5.90. The number of carbonyl (C=O) groups excluding carboxylic acids is 1. The molecular formula is C27H29NO3. The van der Waals surface area contributed by atoms with Crippen molar-refractivity contribution in [3.05, 3.63) is 102 Å². The maximum atomic E-state index is 13.5. The van der Waals surface area contributed by atoms with Gasteiger partial charge in [0, 0.05) is 7.11 Å². The van der Waals surface area contributed by atoms with Crippen LogP contribution in [-0.2, 0) is 9.53 Å². The van der Waals surface area contributed by atoms with Crippen molar-refractivity contribution in [2.45, 2.75) is 32.0 Å². The molecule has 160 valence electrons. The number of amides is 1. The molecule has 0 spiro atoms. The molecule has 0 aliphatic carbocycles. The second-order valence-electron chi connectivity index (χ2n) is 8.53. The molecule has 4 nitrogen and oxygen atoms in total. The van der Waals surface area contributed by atoms with Crippen molar-refractivity contribution in [1.29, 1.82) is 0 Å². The molecule has 3 atom stereocenters. The third-order valence-electron chi connectivity index (χ3n) is 6.29. The maximum absolute atomic E-state index is 13.5. The number of carbonyl (C=O) groups is 1. The Hall–Kier alpha value is -3.11. The maximum Gasteiger partial charge on any atom is 0.231 e. The van der Waals surface area contributed by atoms with Crippen molar-refractivity contribution in [1.82, 2.24) is 4.90 Å². The summed E-state index contributed by atoms with van der Waals surface area (Å²) < 4.78 is 11.4. The Balaban J connectivity index is 1.82. The number of likely N-dealkylation sites (tertiary alicyclic amines) is 1. The summed E-state index contributed by atoms with van der Waals surface area (Å²) in [5.74, 6) is 0.928. The first-order valence-electron chi connectivity index (χ1n) is 10.6. The summed E-state index contributed by atoms with van der Waals surface area (Å²) in [6, 6.07) is 28.0. The quantitative estimate of drug-likeness (QED) is 0.462. The van der Waals surface area contributed by atoms with E-state index < -0.39 is 5.41 Å². The summed E-state index contributed by atoms with van der Waals surface area (Å²) in [5.41, 5.74) is 2.69. The fourth-order valence-corrected chi connectivity index (χ4v) is 4.72. The zero-order valence-electron chi connectivity index (χ0n) is 18.5. The second kappa shape index (κ2) is 8.56. The van der Waals surface area contributed by atoms with Crippen LogP contribution in [0.4, 0.5) is 0 Å². The third-order valence-corrected chi connectivity index (χ3v) is 6.29. The van der Waals surface area contributed by atoms with Crippen LogP contribution in [0.2, 0.25) is 0 Å². The molecule has 31 heavy (non-hydrogen) atoms. The first kappa shape index (κ1) is 21.1. The van der Waals surface area contributed by atoms with Gasteiger partial charge in [-0.15, -0.1) is 0 Å². The van der Waals surface area contributed by atoms with Gasteiger partial charge in [-0.25, -0.2) is 0 Å². The number of rotatable bonds is 7. The van der Waals surface area contributed by atoms with Crippen LogP contribution in [0, 0.1) is 5.41 Å². The molecule has 1 fully saturated rings. The van der Waals surface area contributed by atoms with E-state index in [-0.39, 0.29) is 24.1 Å². The number of nitrogens with zero attached hydrogens (tertiary/aromatic N) is 1. The molecule has 1 amide bonds. The van der Waals surface area contributed by atoms with Crippen LogP contribution in [0.3, 0.4) is 0 Å². The topological polar surface area (TPSA) is 38.8 Å². The van der Waals surface area contributed by atoms with Crippen LogP contribution >= 0.6 is 0 Å². The van der Waals surface area contributed by atoms with Crippen molar-refractivity contribution in [2.24, 2.45) is 5.41 Å². The Morgan fingerprint density at radius 1 is 0.806 bits per heavy atom. The van der Waals surface area contributed by atoms with Crippen LogP contribution in [0.15, 0.2) is 84.9 Å². The highest BCUT2D eigenvalue weighted by atomic mass is 16.5. The zero-order chi connectivity index (χ0) is 22.0. The van der Waals surface area contributed by atoms with Gasteiger partial charge in [0.25, 0.3) is 0 Å². The van der Waals surface area contributed by atoms with Gasteiger partial charge in [0.2, 0.25) is 5.91 Å². The molecule has 3 aromatic carbocycles. The Morgan fingerprint density at radius 2 is 1.35 bits per heavy atom. The molecule has 0 unspecified atom stereocenters. The molecule has 0 N–H and O–H groups in total. The summed E-state index contributed by atoms with van der Waals surface area (Å²) in [6.07, 6.45) is -0.288. The number of hydrogen-bond acceptors (Lipinski definition) is 3. The fraction of sp³-hybridized carbons (Fsp3) is 0.296. The van der Waals surface area contributed by atoms with E-state index in [9.17, 15) is 4.79 Å². The first-order chi connectivity index (χ1) is 15.0. The number of ether oxygens (including phenoxy) is 2. The minimum Gasteiger partial charge on any atom is -0.497 e. The molecule has 3 aromatic rings. The number of benzene rings is 3. The molecule has 4 rings (SSSR count). The SMILES string of the molecule is COc1ccc([C@H]2N([C@@H](c3ccccc3)[C@H](OC)c3ccccc3)C(=O)C2(C)C)cc1. The van der Waals surface area contributed by atoms with Gasteiger partial charge >= 0.3 is 0 Å². The number of hydrogen-bond donors (Lipinski definition) is 0. The van der Waals surface area contributed by atoms with E-state index in [2.05, 4.69) is 36.4 Å². The van der Waals surface area contributed by atoms with Crippen LogP contribution < -0.4 is 4.74 Å². The largest absolute Gasteiger partial charge is 0.497 e. The number of methoxy groups -OCH3 is 2. The van der Waals surface area contributed by atoms with Crippen molar-refractivity contribution >= 4 is 5.91 Å². The van der Waals surface area contributed by atoms with Gasteiger partial charge in [0.05, 0.1) is 24.6 Å². The predicted octanol–water partition coefficient (Wildman–Crippen LogP) is 5.73. The Morgan fingerprint density at radius 3 is 1.87 bits per heavy atom. The lowest BCUT2D eigenvalue weighted by atomic mass is 9.68. The molecule has 0 bridgehead atoms. The van der Waals surface area contributed by atoms with Gasteiger partial charge < -0.3 is 14.4 Å². The van der Waals surface area contributed by atoms with E-state index in [4.69, 9.17) is 9.47 Å². The Kier molecular flexibility index (Phi) is 5.84. The van der Waals surface area contributed by atoms with Crippen molar-refractivity contribution in [3.8, 4) is 5.75 Å². The van der Waals surface area contributed by atoms with E-state index in [1.54, 1.807) is 14.2 Å². The molecule has 0 aromatic heterocycles. The Bertz CT molecular complexity index is 1020. The summed E-state index contributed by atoms with van der Waals surface area (Å²) in [6.45, 7) is 4.04.